The van der Waals surface area contributed by atoms with Gasteiger partial charge < -0.3 is 10.6 Å². The van der Waals surface area contributed by atoms with Crippen molar-refractivity contribution in [1.29, 1.82) is 0 Å². The van der Waals surface area contributed by atoms with E-state index in [0.717, 1.165) is 0 Å². The first-order valence-corrected chi connectivity index (χ1v) is 5.94. The molecule has 1 unspecified atom stereocenters. The zero-order chi connectivity index (χ0) is 13.8. The second-order valence-corrected chi connectivity index (χ2v) is 4.19. The maximum atomic E-state index is 13.6. The average Bonchev–Trinajstić information content (AvgIpc) is 2.38. The van der Waals surface area contributed by atoms with Crippen LogP contribution in [0.1, 0.15) is 17.9 Å². The van der Waals surface area contributed by atoms with Crippen molar-refractivity contribution in [3.05, 3.63) is 35.6 Å². The molecule has 0 saturated heterocycles. The Morgan fingerprint density at radius 1 is 1.37 bits per heavy atom. The minimum Gasteiger partial charge on any atom is -0.319 e. The topological polar surface area (TPSA) is 70.6 Å². The molecule has 100 valence electrons. The number of amides is 2. The first-order valence-electron chi connectivity index (χ1n) is 5.94. The van der Waals surface area contributed by atoms with E-state index >= 15 is 0 Å². The normalized spacial score (nSPS) is 19.1. The molecule has 2 rings (SSSR count). The number of hydrogen-bond donors (Lipinski definition) is 2. The van der Waals surface area contributed by atoms with Crippen molar-refractivity contribution < 1.29 is 14.0 Å². The van der Waals surface area contributed by atoms with Crippen LogP contribution in [-0.2, 0) is 9.59 Å². The molecule has 0 aromatic heterocycles. The Morgan fingerprint density at radius 3 is 2.74 bits per heavy atom. The molecular weight excluding hydrogens is 249 g/mol. The fraction of sp³-hybridized carbons (Fsp3) is 0.308. The predicted octanol–water partition coefficient (Wildman–Crippen LogP) is 0.574. The molecule has 1 aromatic rings. The van der Waals surface area contributed by atoms with Crippen LogP contribution in [0.3, 0.4) is 0 Å². The maximum Gasteiger partial charge on any atom is 0.264 e. The summed E-state index contributed by atoms with van der Waals surface area (Å²) >= 11 is 0. The molecule has 19 heavy (non-hydrogen) atoms. The average molecular weight is 263 g/mol. The first kappa shape index (κ1) is 13.4. The summed E-state index contributed by atoms with van der Waals surface area (Å²) in [4.78, 5) is 27.6. The second-order valence-electron chi connectivity index (χ2n) is 4.19. The van der Waals surface area contributed by atoms with Gasteiger partial charge in [0.2, 0.25) is 5.91 Å². The summed E-state index contributed by atoms with van der Waals surface area (Å²) in [5.41, 5.74) is 0.0569. The number of amidine groups is 1. The Balaban J connectivity index is 2.25. The van der Waals surface area contributed by atoms with Gasteiger partial charge in [0.1, 0.15) is 17.6 Å². The van der Waals surface area contributed by atoms with Crippen molar-refractivity contribution in [3.8, 4) is 0 Å². The van der Waals surface area contributed by atoms with E-state index in [-0.39, 0.29) is 5.56 Å². The molecule has 6 heteroatoms. The van der Waals surface area contributed by atoms with Crippen molar-refractivity contribution in [1.82, 2.24) is 10.6 Å². The minimum absolute atomic E-state index is 0.0569. The molecule has 1 aliphatic rings. The van der Waals surface area contributed by atoms with Crippen LogP contribution in [0.4, 0.5) is 4.39 Å². The van der Waals surface area contributed by atoms with Crippen LogP contribution < -0.4 is 10.6 Å². The Labute approximate surface area is 109 Å². The highest BCUT2D eigenvalue weighted by Gasteiger charge is 2.34. The Kier molecular flexibility index (Phi) is 4.01. The molecule has 0 fully saturated rings. The zero-order valence-electron chi connectivity index (χ0n) is 10.4. The molecule has 0 radical (unpaired) electrons. The number of halogens is 1. The van der Waals surface area contributed by atoms with E-state index in [1.165, 1.54) is 18.2 Å². The van der Waals surface area contributed by atoms with Gasteiger partial charge in [-0.1, -0.05) is 18.2 Å². The van der Waals surface area contributed by atoms with Crippen LogP contribution in [0.2, 0.25) is 0 Å². The first-order chi connectivity index (χ1) is 9.13. The quantitative estimate of drug-likeness (QED) is 0.780. The summed E-state index contributed by atoms with van der Waals surface area (Å²) in [6.07, 6.45) is 0.442. The molecular formula is C13H14FN3O2. The number of hydrogen-bond acceptors (Lipinski definition) is 3. The lowest BCUT2D eigenvalue weighted by Gasteiger charge is -2.20. The number of benzene rings is 1. The van der Waals surface area contributed by atoms with Crippen LogP contribution in [0, 0.1) is 5.82 Å². The van der Waals surface area contributed by atoms with Crippen LogP contribution in [-0.4, -0.2) is 31.2 Å². The molecule has 0 saturated carbocycles. The van der Waals surface area contributed by atoms with Gasteiger partial charge in [0, 0.05) is 18.5 Å². The number of nitrogens with one attached hydrogen (secondary N) is 2. The second kappa shape index (κ2) is 5.71. The maximum absolute atomic E-state index is 13.6. The highest BCUT2D eigenvalue weighted by Crippen LogP contribution is 2.23. The minimum atomic E-state index is -1.19. The summed E-state index contributed by atoms with van der Waals surface area (Å²) in [6.45, 7) is 0.594. The fourth-order valence-corrected chi connectivity index (χ4v) is 1.90. The van der Waals surface area contributed by atoms with Crippen molar-refractivity contribution in [3.63, 3.8) is 0 Å². The summed E-state index contributed by atoms with van der Waals surface area (Å²) in [6, 6.07) is 5.73. The lowest BCUT2D eigenvalue weighted by Crippen LogP contribution is -2.43. The SMILES string of the molecule is CNCCC1=NC(=O)C(c2ccccc2F)C(=O)N1. The van der Waals surface area contributed by atoms with E-state index in [0.29, 0.717) is 18.8 Å². The Hall–Kier alpha value is -2.08. The Morgan fingerprint density at radius 2 is 2.11 bits per heavy atom. The molecule has 1 aliphatic heterocycles. The van der Waals surface area contributed by atoms with Crippen molar-refractivity contribution in [2.45, 2.75) is 12.3 Å². The molecule has 0 spiro atoms. The van der Waals surface area contributed by atoms with Crippen LogP contribution in [0.15, 0.2) is 29.3 Å². The monoisotopic (exact) mass is 263 g/mol. The molecule has 1 heterocycles. The third-order valence-electron chi connectivity index (χ3n) is 2.85. The third kappa shape index (κ3) is 2.85. The van der Waals surface area contributed by atoms with Gasteiger partial charge in [-0.05, 0) is 13.1 Å². The molecule has 0 aliphatic carbocycles. The van der Waals surface area contributed by atoms with Gasteiger partial charge in [-0.3, -0.25) is 9.59 Å². The third-order valence-corrected chi connectivity index (χ3v) is 2.85. The lowest BCUT2D eigenvalue weighted by atomic mass is 9.95. The standard InChI is InChI=1S/C13H14FN3O2/c1-15-7-6-10-16-12(18)11(13(19)17-10)8-4-2-3-5-9(8)14/h2-5,11,15H,6-7H2,1H3,(H,16,17,18,19). The van der Waals surface area contributed by atoms with Gasteiger partial charge in [0.15, 0.2) is 0 Å². The summed E-state index contributed by atoms with van der Waals surface area (Å²) in [5, 5.41) is 5.43. The molecule has 2 N–H and O–H groups in total. The van der Waals surface area contributed by atoms with E-state index in [4.69, 9.17) is 0 Å². The van der Waals surface area contributed by atoms with Gasteiger partial charge in [-0.2, -0.15) is 4.99 Å². The number of rotatable bonds is 4. The van der Waals surface area contributed by atoms with E-state index in [1.54, 1.807) is 13.1 Å². The van der Waals surface area contributed by atoms with Crippen LogP contribution in [0.25, 0.3) is 0 Å². The van der Waals surface area contributed by atoms with E-state index in [1.807, 2.05) is 0 Å². The zero-order valence-corrected chi connectivity index (χ0v) is 10.4. The van der Waals surface area contributed by atoms with Crippen molar-refractivity contribution in [2.24, 2.45) is 4.99 Å². The highest BCUT2D eigenvalue weighted by atomic mass is 19.1. The van der Waals surface area contributed by atoms with Crippen LogP contribution in [0.5, 0.6) is 0 Å². The van der Waals surface area contributed by atoms with E-state index in [9.17, 15) is 14.0 Å². The summed E-state index contributed by atoms with van der Waals surface area (Å²) < 4.78 is 13.6. The number of nitrogens with zero attached hydrogens (tertiary/aromatic N) is 1. The lowest BCUT2D eigenvalue weighted by molar-refractivity contribution is -0.130. The van der Waals surface area contributed by atoms with Crippen LogP contribution >= 0.6 is 0 Å². The summed E-state index contributed by atoms with van der Waals surface area (Å²) in [5.74, 6) is -2.61. The van der Waals surface area contributed by atoms with Gasteiger partial charge in [0.25, 0.3) is 5.91 Å². The number of carbonyl (C=O) groups is 2. The molecule has 0 bridgehead atoms. The highest BCUT2D eigenvalue weighted by molar-refractivity contribution is 6.19. The molecule has 1 aromatic carbocycles. The summed E-state index contributed by atoms with van der Waals surface area (Å²) in [7, 11) is 1.76. The van der Waals surface area contributed by atoms with Gasteiger partial charge in [-0.25, -0.2) is 4.39 Å². The van der Waals surface area contributed by atoms with E-state index < -0.39 is 23.5 Å². The van der Waals surface area contributed by atoms with Gasteiger partial charge in [-0.15, -0.1) is 0 Å². The molecule has 2 amide bonds. The smallest absolute Gasteiger partial charge is 0.264 e. The van der Waals surface area contributed by atoms with E-state index in [2.05, 4.69) is 15.6 Å². The molecule has 1 atom stereocenters. The predicted molar refractivity (Wildman–Crippen MR) is 68.3 cm³/mol. The largest absolute Gasteiger partial charge is 0.319 e. The number of aliphatic imine (C=N–C) groups is 1. The van der Waals surface area contributed by atoms with Gasteiger partial charge in [0.05, 0.1) is 0 Å². The van der Waals surface area contributed by atoms with Crippen molar-refractivity contribution in [2.75, 3.05) is 13.6 Å². The molecule has 5 nitrogen and oxygen atoms in total. The number of carbonyl (C=O) groups excluding carboxylic acids is 2. The van der Waals surface area contributed by atoms with Gasteiger partial charge >= 0.3 is 0 Å². The van der Waals surface area contributed by atoms with Crippen molar-refractivity contribution >= 4 is 17.6 Å². The Bertz CT molecular complexity index is 542. The fourth-order valence-electron chi connectivity index (χ4n) is 1.90.